The Bertz CT molecular complexity index is 265. The molecule has 15 heavy (non-hydrogen) atoms. The molecule has 0 aromatic carbocycles. The van der Waals surface area contributed by atoms with E-state index in [-0.39, 0.29) is 12.8 Å². The van der Waals surface area contributed by atoms with Gasteiger partial charge in [0.1, 0.15) is 6.04 Å². The fourth-order valence-corrected chi connectivity index (χ4v) is 0.857. The molecule has 0 aliphatic carbocycles. The summed E-state index contributed by atoms with van der Waals surface area (Å²) in [5.41, 5.74) is 10.2. The highest BCUT2D eigenvalue weighted by atomic mass is 16.4. The van der Waals surface area contributed by atoms with Gasteiger partial charge < -0.3 is 21.9 Å². The highest BCUT2D eigenvalue weighted by Gasteiger charge is 2.20. The van der Waals surface area contributed by atoms with Crippen LogP contribution in [0, 0.1) is 0 Å². The van der Waals surface area contributed by atoms with E-state index in [0.717, 1.165) is 0 Å². The van der Waals surface area contributed by atoms with Gasteiger partial charge in [-0.1, -0.05) is 0 Å². The van der Waals surface area contributed by atoms with Crippen molar-refractivity contribution in [3.05, 3.63) is 0 Å². The van der Waals surface area contributed by atoms with Gasteiger partial charge in [0.2, 0.25) is 11.8 Å². The number of hydrogen-bond donors (Lipinski definition) is 4. The third-order valence-corrected chi connectivity index (χ3v) is 1.72. The quantitative estimate of drug-likeness (QED) is 0.415. The summed E-state index contributed by atoms with van der Waals surface area (Å²) in [4.78, 5) is 32.2. The molecule has 0 bridgehead atoms. The van der Waals surface area contributed by atoms with Crippen molar-refractivity contribution in [3.8, 4) is 0 Å². The van der Waals surface area contributed by atoms with Gasteiger partial charge in [0.15, 0.2) is 0 Å². The summed E-state index contributed by atoms with van der Waals surface area (Å²) in [7, 11) is 0. The summed E-state index contributed by atoms with van der Waals surface area (Å²) in [5.74, 6) is -2.37. The van der Waals surface area contributed by atoms with E-state index in [2.05, 4.69) is 5.32 Å². The summed E-state index contributed by atoms with van der Waals surface area (Å²) in [6.45, 7) is 1.45. The van der Waals surface area contributed by atoms with Crippen molar-refractivity contribution in [3.63, 3.8) is 0 Å². The lowest BCUT2D eigenvalue weighted by molar-refractivity contribution is -0.137. The second kappa shape index (κ2) is 5.97. The zero-order valence-corrected chi connectivity index (χ0v) is 8.40. The fourth-order valence-electron chi connectivity index (χ4n) is 0.857. The molecular formula is C8H15N3O4. The average Bonchev–Trinajstić information content (AvgIpc) is 2.10. The third kappa shape index (κ3) is 5.63. The maximum atomic E-state index is 11.1. The normalized spacial score (nSPS) is 14.0. The number of aliphatic carboxylic acids is 1. The molecule has 0 rings (SSSR count). The number of nitrogens with one attached hydrogen (secondary N) is 1. The minimum Gasteiger partial charge on any atom is -0.481 e. The third-order valence-electron chi connectivity index (χ3n) is 1.72. The molecule has 0 spiro atoms. The molecular weight excluding hydrogens is 202 g/mol. The number of carbonyl (C=O) groups is 3. The van der Waals surface area contributed by atoms with Crippen LogP contribution >= 0.6 is 0 Å². The van der Waals surface area contributed by atoms with Crippen molar-refractivity contribution >= 4 is 17.8 Å². The van der Waals surface area contributed by atoms with E-state index in [4.69, 9.17) is 16.6 Å². The van der Waals surface area contributed by atoms with Gasteiger partial charge in [0.25, 0.3) is 0 Å². The standard InChI is InChI=1S/C8H15N3O4/c1-4(9)8(15)11-5(7(10)14)2-3-6(12)13/h4-5H,2-3,9H2,1H3,(H2,10,14)(H,11,15)(H,12,13)/t4-,5+/m1/s1. The monoisotopic (exact) mass is 217 g/mol. The summed E-state index contributed by atoms with van der Waals surface area (Å²) in [6.07, 6.45) is -0.282. The van der Waals surface area contributed by atoms with Gasteiger partial charge in [-0.15, -0.1) is 0 Å². The lowest BCUT2D eigenvalue weighted by Gasteiger charge is -2.15. The minimum absolute atomic E-state index is 0.0386. The van der Waals surface area contributed by atoms with Gasteiger partial charge in [0, 0.05) is 6.42 Å². The van der Waals surface area contributed by atoms with Gasteiger partial charge >= 0.3 is 5.97 Å². The topological polar surface area (TPSA) is 136 Å². The SMILES string of the molecule is C[C@@H](N)C(=O)N[C@@H](CCC(=O)O)C(N)=O. The second-order valence-corrected chi connectivity index (χ2v) is 3.18. The van der Waals surface area contributed by atoms with Crippen LogP contribution in [-0.4, -0.2) is 35.0 Å². The summed E-state index contributed by atoms with van der Waals surface area (Å²) in [5, 5.41) is 10.7. The molecule has 86 valence electrons. The second-order valence-electron chi connectivity index (χ2n) is 3.18. The molecule has 0 aliphatic rings. The predicted octanol–water partition coefficient (Wildman–Crippen LogP) is -1.83. The van der Waals surface area contributed by atoms with Gasteiger partial charge in [-0.2, -0.15) is 0 Å². The Morgan fingerprint density at radius 1 is 1.40 bits per heavy atom. The van der Waals surface area contributed by atoms with Crippen LogP contribution in [0.25, 0.3) is 0 Å². The molecule has 0 aliphatic heterocycles. The van der Waals surface area contributed by atoms with Crippen LogP contribution < -0.4 is 16.8 Å². The van der Waals surface area contributed by atoms with Crippen LogP contribution in [0.1, 0.15) is 19.8 Å². The van der Waals surface area contributed by atoms with E-state index in [0.29, 0.717) is 0 Å². The molecule has 0 heterocycles. The van der Waals surface area contributed by atoms with Crippen LogP contribution in [0.5, 0.6) is 0 Å². The zero-order chi connectivity index (χ0) is 12.0. The van der Waals surface area contributed by atoms with Gasteiger partial charge in [-0.05, 0) is 13.3 Å². The van der Waals surface area contributed by atoms with Crippen molar-refractivity contribution in [1.82, 2.24) is 5.32 Å². The molecule has 7 heteroatoms. The molecule has 0 saturated carbocycles. The Morgan fingerprint density at radius 3 is 2.27 bits per heavy atom. The van der Waals surface area contributed by atoms with Crippen LogP contribution in [0.4, 0.5) is 0 Å². The van der Waals surface area contributed by atoms with E-state index >= 15 is 0 Å². The van der Waals surface area contributed by atoms with Crippen LogP contribution in [0.3, 0.4) is 0 Å². The fraction of sp³-hybridized carbons (Fsp3) is 0.625. The van der Waals surface area contributed by atoms with Gasteiger partial charge in [-0.25, -0.2) is 0 Å². The molecule has 0 saturated heterocycles. The molecule has 2 atom stereocenters. The van der Waals surface area contributed by atoms with Crippen LogP contribution in [-0.2, 0) is 14.4 Å². The minimum atomic E-state index is -1.06. The van der Waals surface area contributed by atoms with Gasteiger partial charge in [0.05, 0.1) is 6.04 Å². The number of hydrogen-bond acceptors (Lipinski definition) is 4. The van der Waals surface area contributed by atoms with E-state index in [1.54, 1.807) is 0 Å². The number of carboxylic acid groups (broad SMARTS) is 1. The largest absolute Gasteiger partial charge is 0.481 e. The maximum Gasteiger partial charge on any atom is 0.303 e. The summed E-state index contributed by atoms with van der Waals surface area (Å²) >= 11 is 0. The first-order chi connectivity index (χ1) is 6.84. The van der Waals surface area contributed by atoms with E-state index in [9.17, 15) is 14.4 Å². The molecule has 0 unspecified atom stereocenters. The molecule has 0 radical (unpaired) electrons. The van der Waals surface area contributed by atoms with Crippen molar-refractivity contribution in [1.29, 1.82) is 0 Å². The number of amides is 2. The molecule has 7 nitrogen and oxygen atoms in total. The molecule has 6 N–H and O–H groups in total. The Hall–Kier alpha value is -1.63. The molecule has 2 amide bonds. The van der Waals surface area contributed by atoms with Gasteiger partial charge in [-0.3, -0.25) is 14.4 Å². The first-order valence-electron chi connectivity index (χ1n) is 4.41. The van der Waals surface area contributed by atoms with E-state index < -0.39 is 29.9 Å². The lowest BCUT2D eigenvalue weighted by Crippen LogP contribution is -2.49. The molecule has 0 aromatic heterocycles. The highest BCUT2D eigenvalue weighted by Crippen LogP contribution is 1.97. The first-order valence-corrected chi connectivity index (χ1v) is 4.41. The molecule has 0 aromatic rings. The Kier molecular flexibility index (Phi) is 5.32. The summed E-state index contributed by atoms with van der Waals surface area (Å²) in [6, 6.07) is -1.75. The van der Waals surface area contributed by atoms with Crippen LogP contribution in [0.2, 0.25) is 0 Å². The summed E-state index contributed by atoms with van der Waals surface area (Å²) < 4.78 is 0. The lowest BCUT2D eigenvalue weighted by atomic mass is 10.1. The number of carbonyl (C=O) groups excluding carboxylic acids is 2. The zero-order valence-electron chi connectivity index (χ0n) is 8.40. The van der Waals surface area contributed by atoms with Crippen molar-refractivity contribution in [2.45, 2.75) is 31.8 Å². The first kappa shape index (κ1) is 13.4. The Labute approximate surface area is 86.8 Å². The number of primary amides is 1. The number of nitrogens with two attached hydrogens (primary N) is 2. The number of carboxylic acids is 1. The van der Waals surface area contributed by atoms with Crippen molar-refractivity contribution < 1.29 is 19.5 Å². The number of rotatable bonds is 6. The van der Waals surface area contributed by atoms with E-state index in [1.807, 2.05) is 0 Å². The Morgan fingerprint density at radius 2 is 1.93 bits per heavy atom. The van der Waals surface area contributed by atoms with Crippen molar-refractivity contribution in [2.75, 3.05) is 0 Å². The predicted molar refractivity (Wildman–Crippen MR) is 51.6 cm³/mol. The van der Waals surface area contributed by atoms with Crippen LogP contribution in [0.15, 0.2) is 0 Å². The smallest absolute Gasteiger partial charge is 0.303 e. The maximum absolute atomic E-state index is 11.1. The Balaban J connectivity index is 4.22. The highest BCUT2D eigenvalue weighted by molar-refractivity contribution is 5.88. The van der Waals surface area contributed by atoms with E-state index in [1.165, 1.54) is 6.92 Å². The molecule has 0 fully saturated rings. The van der Waals surface area contributed by atoms with Crippen molar-refractivity contribution in [2.24, 2.45) is 11.5 Å². The average molecular weight is 217 g/mol.